The van der Waals surface area contributed by atoms with Crippen LogP contribution in [0.2, 0.25) is 0 Å². The monoisotopic (exact) mass is 325 g/mol. The summed E-state index contributed by atoms with van der Waals surface area (Å²) in [5.41, 5.74) is 7.59. The van der Waals surface area contributed by atoms with E-state index in [1.54, 1.807) is 6.07 Å². The number of rotatable bonds is 4. The summed E-state index contributed by atoms with van der Waals surface area (Å²) in [5, 5.41) is 0. The summed E-state index contributed by atoms with van der Waals surface area (Å²) >= 11 is 3.24. The van der Waals surface area contributed by atoms with Crippen LogP contribution in [0.3, 0.4) is 0 Å². The maximum Gasteiger partial charge on any atom is 0.201 e. The lowest BCUT2D eigenvalue weighted by Crippen LogP contribution is -2.12. The molecule has 2 N–H and O–H groups in total. The average molecular weight is 326 g/mol. The highest BCUT2D eigenvalue weighted by atomic mass is 79.9. The highest BCUT2D eigenvalue weighted by Gasteiger charge is 2.27. The highest BCUT2D eigenvalue weighted by Crippen LogP contribution is 2.40. The molecular weight excluding hydrogens is 309 g/mol. The molecule has 1 saturated carbocycles. The van der Waals surface area contributed by atoms with Gasteiger partial charge < -0.3 is 10.3 Å². The minimum atomic E-state index is -0.299. The number of aromatic nitrogens is 2. The summed E-state index contributed by atoms with van der Waals surface area (Å²) in [6.45, 7) is 2.16. The van der Waals surface area contributed by atoms with Crippen LogP contribution < -0.4 is 5.73 Å². The van der Waals surface area contributed by atoms with Gasteiger partial charge in [0.1, 0.15) is 5.82 Å². The van der Waals surface area contributed by atoms with E-state index in [0.29, 0.717) is 22.0 Å². The lowest BCUT2D eigenvalue weighted by atomic mass is 10.1. The molecule has 1 aliphatic rings. The molecule has 1 aromatic carbocycles. The van der Waals surface area contributed by atoms with E-state index in [2.05, 4.69) is 32.4 Å². The van der Waals surface area contributed by atoms with Crippen LogP contribution in [0.25, 0.3) is 11.0 Å². The van der Waals surface area contributed by atoms with E-state index in [0.717, 1.165) is 24.3 Å². The van der Waals surface area contributed by atoms with Gasteiger partial charge in [0.15, 0.2) is 0 Å². The van der Waals surface area contributed by atoms with Gasteiger partial charge in [-0.15, -0.1) is 0 Å². The smallest absolute Gasteiger partial charge is 0.201 e. The number of hydrogen-bond acceptors (Lipinski definition) is 2. The van der Waals surface area contributed by atoms with Crippen LogP contribution in [0.1, 0.15) is 38.6 Å². The van der Waals surface area contributed by atoms with E-state index in [1.807, 2.05) is 0 Å². The van der Waals surface area contributed by atoms with Gasteiger partial charge >= 0.3 is 0 Å². The van der Waals surface area contributed by atoms with Crippen molar-refractivity contribution in [1.82, 2.24) is 9.55 Å². The van der Waals surface area contributed by atoms with Gasteiger partial charge in [0.2, 0.25) is 5.95 Å². The predicted molar refractivity (Wildman–Crippen MR) is 78.5 cm³/mol. The molecule has 0 spiro atoms. The molecule has 102 valence electrons. The Morgan fingerprint density at radius 1 is 1.53 bits per heavy atom. The fraction of sp³-hybridized carbons (Fsp3) is 0.500. The van der Waals surface area contributed by atoms with Crippen LogP contribution >= 0.6 is 15.9 Å². The molecular formula is C14H17BrFN3. The van der Waals surface area contributed by atoms with E-state index in [9.17, 15) is 4.39 Å². The van der Waals surface area contributed by atoms with Crippen molar-refractivity contribution in [3.63, 3.8) is 0 Å². The summed E-state index contributed by atoms with van der Waals surface area (Å²) in [6.07, 6.45) is 4.80. The second-order valence-electron chi connectivity index (χ2n) is 5.34. The summed E-state index contributed by atoms with van der Waals surface area (Å²) in [7, 11) is 0. The molecule has 1 unspecified atom stereocenters. The van der Waals surface area contributed by atoms with Crippen LogP contribution in [0.4, 0.5) is 10.3 Å². The van der Waals surface area contributed by atoms with Crippen molar-refractivity contribution in [2.75, 3.05) is 5.73 Å². The summed E-state index contributed by atoms with van der Waals surface area (Å²) in [6, 6.07) is 3.58. The minimum Gasteiger partial charge on any atom is -0.369 e. The van der Waals surface area contributed by atoms with Crippen LogP contribution in [0.5, 0.6) is 0 Å². The minimum absolute atomic E-state index is 0.299. The normalized spacial score (nSPS) is 17.0. The average Bonchev–Trinajstić information content (AvgIpc) is 3.13. The standard InChI is InChI=1S/C14H17BrFN3/c1-2-9(5-8-3-4-8)19-13-6-10(15)11(16)7-12(13)18-14(19)17/h6-9H,2-5H2,1H3,(H2,17,18). The molecule has 5 heteroatoms. The fourth-order valence-corrected chi connectivity index (χ4v) is 3.02. The Morgan fingerprint density at radius 2 is 2.26 bits per heavy atom. The molecule has 1 aliphatic carbocycles. The number of nitrogens with two attached hydrogens (primary N) is 1. The van der Waals surface area contributed by atoms with Crippen molar-refractivity contribution in [1.29, 1.82) is 0 Å². The quantitative estimate of drug-likeness (QED) is 0.912. The number of nitrogens with zero attached hydrogens (tertiary/aromatic N) is 2. The zero-order valence-electron chi connectivity index (χ0n) is 10.9. The number of anilines is 1. The Morgan fingerprint density at radius 3 is 2.89 bits per heavy atom. The van der Waals surface area contributed by atoms with Crippen LogP contribution in [0, 0.1) is 11.7 Å². The molecule has 3 rings (SSSR count). The first-order valence-corrected chi connectivity index (χ1v) is 7.52. The van der Waals surface area contributed by atoms with Crippen molar-refractivity contribution in [2.24, 2.45) is 5.92 Å². The van der Waals surface area contributed by atoms with Gasteiger partial charge in [0.05, 0.1) is 15.5 Å². The van der Waals surface area contributed by atoms with Gasteiger partial charge in [-0.1, -0.05) is 19.8 Å². The largest absolute Gasteiger partial charge is 0.369 e. The molecule has 2 aromatic rings. The van der Waals surface area contributed by atoms with Gasteiger partial charge in [0, 0.05) is 12.1 Å². The fourth-order valence-electron chi connectivity index (χ4n) is 2.69. The number of imidazole rings is 1. The van der Waals surface area contributed by atoms with Gasteiger partial charge in [-0.2, -0.15) is 0 Å². The molecule has 1 fully saturated rings. The first-order valence-electron chi connectivity index (χ1n) is 6.72. The van der Waals surface area contributed by atoms with Crippen molar-refractivity contribution >= 4 is 32.9 Å². The zero-order chi connectivity index (χ0) is 13.6. The van der Waals surface area contributed by atoms with Crippen LogP contribution in [0.15, 0.2) is 16.6 Å². The van der Waals surface area contributed by atoms with Crippen LogP contribution in [-0.4, -0.2) is 9.55 Å². The summed E-state index contributed by atoms with van der Waals surface area (Å²) in [5.74, 6) is 1.01. The second-order valence-corrected chi connectivity index (χ2v) is 6.19. The summed E-state index contributed by atoms with van der Waals surface area (Å²) in [4.78, 5) is 4.29. The third kappa shape index (κ3) is 2.36. The molecule has 0 bridgehead atoms. The Kier molecular flexibility index (Phi) is 3.25. The van der Waals surface area contributed by atoms with Gasteiger partial charge in [0.25, 0.3) is 0 Å². The van der Waals surface area contributed by atoms with Crippen molar-refractivity contribution < 1.29 is 4.39 Å². The Hall–Kier alpha value is -1.10. The number of nitrogen functional groups attached to an aromatic ring is 1. The molecule has 1 atom stereocenters. The van der Waals surface area contributed by atoms with E-state index in [1.165, 1.54) is 18.9 Å². The van der Waals surface area contributed by atoms with Gasteiger partial charge in [-0.25, -0.2) is 9.37 Å². The molecule has 1 heterocycles. The first kappa shape index (κ1) is 12.9. The number of halogens is 2. The third-order valence-corrected chi connectivity index (χ3v) is 4.51. The lowest BCUT2D eigenvalue weighted by Gasteiger charge is -2.19. The van der Waals surface area contributed by atoms with Gasteiger partial charge in [-0.05, 0) is 40.8 Å². The molecule has 0 saturated heterocycles. The SMILES string of the molecule is CCC(CC1CC1)n1c(N)nc2cc(F)c(Br)cc21. The predicted octanol–water partition coefficient (Wildman–Crippen LogP) is 4.27. The highest BCUT2D eigenvalue weighted by molar-refractivity contribution is 9.10. The summed E-state index contributed by atoms with van der Waals surface area (Å²) < 4.78 is 16.1. The Balaban J connectivity index is 2.09. The maximum atomic E-state index is 13.6. The molecule has 0 amide bonds. The number of fused-ring (bicyclic) bond motifs is 1. The lowest BCUT2D eigenvalue weighted by molar-refractivity contribution is 0.442. The van der Waals surface area contributed by atoms with Crippen LogP contribution in [-0.2, 0) is 0 Å². The Labute approximate surface area is 120 Å². The van der Waals surface area contributed by atoms with E-state index in [-0.39, 0.29) is 5.82 Å². The van der Waals surface area contributed by atoms with E-state index < -0.39 is 0 Å². The molecule has 3 nitrogen and oxygen atoms in total. The van der Waals surface area contributed by atoms with Crippen molar-refractivity contribution in [3.8, 4) is 0 Å². The third-order valence-electron chi connectivity index (χ3n) is 3.90. The topological polar surface area (TPSA) is 43.8 Å². The first-order chi connectivity index (χ1) is 9.10. The second kappa shape index (κ2) is 4.78. The number of hydrogen-bond donors (Lipinski definition) is 1. The van der Waals surface area contributed by atoms with E-state index in [4.69, 9.17) is 5.73 Å². The van der Waals surface area contributed by atoms with E-state index >= 15 is 0 Å². The molecule has 0 radical (unpaired) electrons. The van der Waals surface area contributed by atoms with Crippen molar-refractivity contribution in [3.05, 3.63) is 22.4 Å². The van der Waals surface area contributed by atoms with Gasteiger partial charge in [-0.3, -0.25) is 0 Å². The number of benzene rings is 1. The maximum absolute atomic E-state index is 13.6. The molecule has 1 aromatic heterocycles. The molecule has 0 aliphatic heterocycles. The molecule has 19 heavy (non-hydrogen) atoms. The Bertz CT molecular complexity index is 619. The van der Waals surface area contributed by atoms with Crippen molar-refractivity contribution in [2.45, 2.75) is 38.6 Å². The zero-order valence-corrected chi connectivity index (χ0v) is 12.5.